The molecule has 0 N–H and O–H groups in total. The Bertz CT molecular complexity index is 492. The Morgan fingerprint density at radius 3 is 3.20 bits per heavy atom. The minimum Gasteiger partial charge on any atom is -0.269 e. The fourth-order valence-electron chi connectivity index (χ4n) is 1.81. The van der Waals surface area contributed by atoms with Gasteiger partial charge in [0.1, 0.15) is 17.3 Å². The number of hydrogen-bond donors (Lipinski definition) is 0. The molecule has 0 aliphatic carbocycles. The van der Waals surface area contributed by atoms with E-state index >= 15 is 0 Å². The van der Waals surface area contributed by atoms with Gasteiger partial charge in [0.25, 0.3) is 0 Å². The predicted molar refractivity (Wildman–Crippen MR) is 60.5 cm³/mol. The Morgan fingerprint density at radius 1 is 1.47 bits per heavy atom. The van der Waals surface area contributed by atoms with Gasteiger partial charge in [0.15, 0.2) is 5.65 Å². The Hall–Kier alpha value is -0.810. The van der Waals surface area contributed by atoms with E-state index in [1.54, 1.807) is 12.4 Å². The van der Waals surface area contributed by atoms with Crippen molar-refractivity contribution >= 4 is 29.0 Å². The van der Waals surface area contributed by atoms with Crippen molar-refractivity contribution in [2.75, 3.05) is 11.5 Å². The standard InChI is InChI=1S/C9H9ClN4S/c10-7-3-8-12-13-9(14(8)5-11-7)6-1-2-15-4-6/h3,5-6H,1-2,4H2. The predicted octanol–water partition coefficient (Wildman–Crippen LogP) is 2.00. The third kappa shape index (κ3) is 1.59. The highest BCUT2D eigenvalue weighted by Gasteiger charge is 2.22. The zero-order valence-electron chi connectivity index (χ0n) is 7.93. The van der Waals surface area contributed by atoms with Gasteiger partial charge >= 0.3 is 0 Å². The van der Waals surface area contributed by atoms with Gasteiger partial charge in [-0.1, -0.05) is 11.6 Å². The lowest BCUT2D eigenvalue weighted by Gasteiger charge is -2.04. The zero-order valence-corrected chi connectivity index (χ0v) is 9.50. The first-order valence-corrected chi connectivity index (χ1v) is 6.32. The van der Waals surface area contributed by atoms with Crippen LogP contribution >= 0.6 is 23.4 Å². The molecular weight excluding hydrogens is 232 g/mol. The second-order valence-electron chi connectivity index (χ2n) is 3.56. The van der Waals surface area contributed by atoms with Gasteiger partial charge in [-0.2, -0.15) is 11.8 Å². The highest BCUT2D eigenvalue weighted by molar-refractivity contribution is 7.99. The first-order chi connectivity index (χ1) is 7.34. The summed E-state index contributed by atoms with van der Waals surface area (Å²) in [5, 5.41) is 8.78. The fraction of sp³-hybridized carbons (Fsp3) is 0.444. The molecule has 4 nitrogen and oxygen atoms in total. The maximum Gasteiger partial charge on any atom is 0.165 e. The molecule has 0 aromatic carbocycles. The van der Waals surface area contributed by atoms with Crippen molar-refractivity contribution in [2.24, 2.45) is 0 Å². The summed E-state index contributed by atoms with van der Waals surface area (Å²) in [5.74, 6) is 3.86. The van der Waals surface area contributed by atoms with E-state index in [0.717, 1.165) is 17.2 Å². The van der Waals surface area contributed by atoms with E-state index in [-0.39, 0.29) is 0 Å². The van der Waals surface area contributed by atoms with Crippen LogP contribution in [0.15, 0.2) is 12.4 Å². The molecule has 3 heterocycles. The van der Waals surface area contributed by atoms with Crippen LogP contribution in [0.1, 0.15) is 18.2 Å². The minimum atomic E-state index is 0.460. The zero-order chi connectivity index (χ0) is 10.3. The SMILES string of the molecule is Clc1cc2nnc(C3CCSC3)n2cn1. The van der Waals surface area contributed by atoms with E-state index in [0.29, 0.717) is 11.1 Å². The molecule has 0 spiro atoms. The molecule has 1 unspecified atom stereocenters. The summed E-state index contributed by atoms with van der Waals surface area (Å²) in [4.78, 5) is 4.05. The van der Waals surface area contributed by atoms with Crippen LogP contribution in [0.2, 0.25) is 5.15 Å². The van der Waals surface area contributed by atoms with Crippen LogP contribution in [-0.2, 0) is 0 Å². The largest absolute Gasteiger partial charge is 0.269 e. The molecule has 1 aliphatic heterocycles. The van der Waals surface area contributed by atoms with Crippen molar-refractivity contribution in [1.82, 2.24) is 19.6 Å². The van der Waals surface area contributed by atoms with Crippen molar-refractivity contribution in [1.29, 1.82) is 0 Å². The van der Waals surface area contributed by atoms with Gasteiger partial charge in [-0.05, 0) is 12.2 Å². The molecule has 2 aromatic heterocycles. The highest BCUT2D eigenvalue weighted by Crippen LogP contribution is 2.31. The quantitative estimate of drug-likeness (QED) is 0.715. The number of thioether (sulfide) groups is 1. The number of halogens is 1. The molecule has 6 heteroatoms. The summed E-state index contributed by atoms with van der Waals surface area (Å²) in [6.07, 6.45) is 2.88. The molecule has 15 heavy (non-hydrogen) atoms. The van der Waals surface area contributed by atoms with Gasteiger partial charge in [0, 0.05) is 17.7 Å². The molecule has 1 atom stereocenters. The molecule has 3 rings (SSSR count). The van der Waals surface area contributed by atoms with Gasteiger partial charge in [-0.25, -0.2) is 4.98 Å². The van der Waals surface area contributed by atoms with Crippen LogP contribution in [0, 0.1) is 0 Å². The average molecular weight is 241 g/mol. The molecule has 0 amide bonds. The van der Waals surface area contributed by atoms with Crippen LogP contribution in [0.25, 0.3) is 5.65 Å². The number of hydrogen-bond acceptors (Lipinski definition) is 4. The van der Waals surface area contributed by atoms with Crippen LogP contribution in [0.4, 0.5) is 0 Å². The number of rotatable bonds is 1. The lowest BCUT2D eigenvalue weighted by molar-refractivity contribution is 0.702. The topological polar surface area (TPSA) is 43.1 Å². The molecule has 0 bridgehead atoms. The average Bonchev–Trinajstić information content (AvgIpc) is 2.82. The Balaban J connectivity index is 2.11. The van der Waals surface area contributed by atoms with E-state index in [9.17, 15) is 0 Å². The van der Waals surface area contributed by atoms with Crippen molar-refractivity contribution in [2.45, 2.75) is 12.3 Å². The van der Waals surface area contributed by atoms with Crippen LogP contribution in [-0.4, -0.2) is 31.1 Å². The number of aromatic nitrogens is 4. The Labute approximate surface area is 96.1 Å². The van der Waals surface area contributed by atoms with Crippen molar-refractivity contribution in [3.63, 3.8) is 0 Å². The summed E-state index contributed by atoms with van der Waals surface area (Å²) in [7, 11) is 0. The minimum absolute atomic E-state index is 0.460. The molecule has 0 radical (unpaired) electrons. The third-order valence-electron chi connectivity index (χ3n) is 2.59. The first-order valence-electron chi connectivity index (χ1n) is 4.78. The fourth-order valence-corrected chi connectivity index (χ4v) is 3.17. The van der Waals surface area contributed by atoms with Crippen LogP contribution < -0.4 is 0 Å². The van der Waals surface area contributed by atoms with Gasteiger partial charge < -0.3 is 0 Å². The maximum atomic E-state index is 5.79. The number of nitrogens with zero attached hydrogens (tertiary/aromatic N) is 4. The second kappa shape index (κ2) is 3.64. The van der Waals surface area contributed by atoms with Crippen LogP contribution in [0.3, 0.4) is 0 Å². The molecule has 1 saturated heterocycles. The molecule has 0 saturated carbocycles. The van der Waals surface area contributed by atoms with Gasteiger partial charge in [-0.3, -0.25) is 4.40 Å². The monoisotopic (exact) mass is 240 g/mol. The van der Waals surface area contributed by atoms with Gasteiger partial charge in [-0.15, -0.1) is 10.2 Å². The Kier molecular flexibility index (Phi) is 2.29. The van der Waals surface area contributed by atoms with Crippen molar-refractivity contribution in [3.8, 4) is 0 Å². The molecular formula is C9H9ClN4S. The van der Waals surface area contributed by atoms with E-state index < -0.39 is 0 Å². The molecule has 78 valence electrons. The Morgan fingerprint density at radius 2 is 2.40 bits per heavy atom. The molecule has 2 aromatic rings. The maximum absolute atomic E-state index is 5.79. The molecule has 1 fully saturated rings. The van der Waals surface area contributed by atoms with Crippen molar-refractivity contribution in [3.05, 3.63) is 23.4 Å². The lowest BCUT2D eigenvalue weighted by atomic mass is 10.1. The summed E-state index contributed by atoms with van der Waals surface area (Å²) >= 11 is 7.76. The summed E-state index contributed by atoms with van der Waals surface area (Å²) in [5.41, 5.74) is 0.780. The van der Waals surface area contributed by atoms with E-state index in [1.807, 2.05) is 16.2 Å². The summed E-state index contributed by atoms with van der Waals surface area (Å²) in [6, 6.07) is 1.74. The first kappa shape index (κ1) is 9.42. The summed E-state index contributed by atoms with van der Waals surface area (Å²) < 4.78 is 1.93. The van der Waals surface area contributed by atoms with Gasteiger partial charge in [0.05, 0.1) is 0 Å². The van der Waals surface area contributed by atoms with Crippen molar-refractivity contribution < 1.29 is 0 Å². The normalized spacial score (nSPS) is 21.3. The smallest absolute Gasteiger partial charge is 0.165 e. The third-order valence-corrected chi connectivity index (χ3v) is 3.96. The highest BCUT2D eigenvalue weighted by atomic mass is 35.5. The van der Waals surface area contributed by atoms with E-state index in [2.05, 4.69) is 15.2 Å². The van der Waals surface area contributed by atoms with E-state index in [4.69, 9.17) is 11.6 Å². The van der Waals surface area contributed by atoms with Gasteiger partial charge in [0.2, 0.25) is 0 Å². The van der Waals surface area contributed by atoms with Crippen LogP contribution in [0.5, 0.6) is 0 Å². The summed E-state index contributed by atoms with van der Waals surface area (Å²) in [6.45, 7) is 0. The molecule has 1 aliphatic rings. The lowest BCUT2D eigenvalue weighted by Crippen LogP contribution is -2.03. The van der Waals surface area contributed by atoms with E-state index in [1.165, 1.54) is 12.2 Å². The second-order valence-corrected chi connectivity index (χ2v) is 5.10. The number of fused-ring (bicyclic) bond motifs is 1.